The van der Waals surface area contributed by atoms with Gasteiger partial charge in [0, 0.05) is 11.3 Å². The summed E-state index contributed by atoms with van der Waals surface area (Å²) in [4.78, 5) is 0. The van der Waals surface area contributed by atoms with Gasteiger partial charge in [0.1, 0.15) is 0 Å². The molecule has 0 heterocycles. The Bertz CT molecular complexity index is 315. The van der Waals surface area contributed by atoms with Gasteiger partial charge in [-0.2, -0.15) is 0 Å². The van der Waals surface area contributed by atoms with Crippen molar-refractivity contribution in [3.8, 4) is 0 Å². The normalized spacial score (nSPS) is 22.8. The van der Waals surface area contributed by atoms with Crippen molar-refractivity contribution in [2.45, 2.75) is 38.0 Å². The van der Waals surface area contributed by atoms with Crippen LogP contribution in [-0.4, -0.2) is 5.38 Å². The van der Waals surface area contributed by atoms with E-state index in [-0.39, 0.29) is 5.38 Å². The van der Waals surface area contributed by atoms with Gasteiger partial charge in [0.15, 0.2) is 0 Å². The SMILES string of the molecule is Cc1ccc2c(c1)C(C(C)Cl)CC2. The number of hydrogen-bond acceptors (Lipinski definition) is 0. The van der Waals surface area contributed by atoms with E-state index in [4.69, 9.17) is 11.6 Å². The Balaban J connectivity index is 2.40. The van der Waals surface area contributed by atoms with Crippen LogP contribution in [-0.2, 0) is 6.42 Å². The largest absolute Gasteiger partial charge is 0.123 e. The minimum Gasteiger partial charge on any atom is -0.123 e. The van der Waals surface area contributed by atoms with Crippen molar-refractivity contribution in [2.75, 3.05) is 0 Å². The van der Waals surface area contributed by atoms with E-state index in [0.717, 1.165) is 0 Å². The molecule has 1 heteroatoms. The van der Waals surface area contributed by atoms with Crippen molar-refractivity contribution in [1.82, 2.24) is 0 Å². The van der Waals surface area contributed by atoms with Crippen molar-refractivity contribution < 1.29 is 0 Å². The molecule has 2 atom stereocenters. The summed E-state index contributed by atoms with van der Waals surface area (Å²) in [7, 11) is 0. The first kappa shape index (κ1) is 9.08. The molecule has 2 rings (SSSR count). The van der Waals surface area contributed by atoms with Gasteiger partial charge in [0.25, 0.3) is 0 Å². The Labute approximate surface area is 84.9 Å². The minimum absolute atomic E-state index is 0.267. The maximum Gasteiger partial charge on any atom is 0.0376 e. The van der Waals surface area contributed by atoms with Gasteiger partial charge in [0.2, 0.25) is 0 Å². The molecule has 70 valence electrons. The minimum atomic E-state index is 0.267. The van der Waals surface area contributed by atoms with Crippen LogP contribution in [0.5, 0.6) is 0 Å². The van der Waals surface area contributed by atoms with Crippen LogP contribution in [0, 0.1) is 6.92 Å². The Hall–Kier alpha value is -0.490. The average Bonchev–Trinajstić information content (AvgIpc) is 2.46. The number of rotatable bonds is 1. The second-order valence-corrected chi connectivity index (χ2v) is 4.71. The van der Waals surface area contributed by atoms with Gasteiger partial charge in [-0.25, -0.2) is 0 Å². The lowest BCUT2D eigenvalue weighted by Gasteiger charge is -2.14. The molecule has 1 aromatic carbocycles. The monoisotopic (exact) mass is 194 g/mol. The third-order valence-electron chi connectivity index (χ3n) is 2.98. The Morgan fingerprint density at radius 1 is 1.46 bits per heavy atom. The molecule has 0 radical (unpaired) electrons. The van der Waals surface area contributed by atoms with Crippen LogP contribution in [0.1, 0.15) is 36.0 Å². The molecule has 0 spiro atoms. The summed E-state index contributed by atoms with van der Waals surface area (Å²) >= 11 is 6.16. The highest BCUT2D eigenvalue weighted by Crippen LogP contribution is 2.37. The smallest absolute Gasteiger partial charge is 0.0376 e. The zero-order valence-corrected chi connectivity index (χ0v) is 8.93. The quantitative estimate of drug-likeness (QED) is 0.599. The van der Waals surface area contributed by atoms with Crippen LogP contribution >= 0.6 is 11.6 Å². The van der Waals surface area contributed by atoms with Crippen LogP contribution in [0.15, 0.2) is 18.2 Å². The highest BCUT2D eigenvalue weighted by molar-refractivity contribution is 6.20. The van der Waals surface area contributed by atoms with Crippen LogP contribution in [0.4, 0.5) is 0 Å². The third kappa shape index (κ3) is 1.60. The summed E-state index contributed by atoms with van der Waals surface area (Å²) in [6.07, 6.45) is 2.43. The van der Waals surface area contributed by atoms with E-state index in [0.29, 0.717) is 5.92 Å². The van der Waals surface area contributed by atoms with Gasteiger partial charge in [-0.1, -0.05) is 23.8 Å². The molecule has 0 N–H and O–H groups in total. The molecule has 1 aliphatic rings. The molecular weight excluding hydrogens is 180 g/mol. The lowest BCUT2D eigenvalue weighted by Crippen LogP contribution is -2.05. The highest BCUT2D eigenvalue weighted by Gasteiger charge is 2.25. The molecule has 1 aliphatic carbocycles. The fourth-order valence-electron chi connectivity index (χ4n) is 2.23. The number of benzene rings is 1. The van der Waals surface area contributed by atoms with E-state index in [1.807, 2.05) is 0 Å². The number of aryl methyl sites for hydroxylation is 2. The van der Waals surface area contributed by atoms with E-state index < -0.39 is 0 Å². The standard InChI is InChI=1S/C12H15Cl/c1-8-3-4-10-5-6-11(9(2)13)12(10)7-8/h3-4,7,9,11H,5-6H2,1-2H3. The van der Waals surface area contributed by atoms with E-state index >= 15 is 0 Å². The second kappa shape index (κ2) is 3.34. The summed E-state index contributed by atoms with van der Waals surface area (Å²) in [5.74, 6) is 0.580. The summed E-state index contributed by atoms with van der Waals surface area (Å²) in [6, 6.07) is 6.75. The molecule has 1 aromatic rings. The average molecular weight is 195 g/mol. The van der Waals surface area contributed by atoms with Gasteiger partial charge in [-0.3, -0.25) is 0 Å². The van der Waals surface area contributed by atoms with E-state index in [1.54, 1.807) is 0 Å². The topological polar surface area (TPSA) is 0 Å². The third-order valence-corrected chi connectivity index (χ3v) is 3.28. The molecule has 0 nitrogen and oxygen atoms in total. The molecule has 0 bridgehead atoms. The van der Waals surface area contributed by atoms with Crippen molar-refractivity contribution >= 4 is 11.6 Å². The molecule has 0 amide bonds. The number of fused-ring (bicyclic) bond motifs is 1. The first-order valence-electron chi connectivity index (χ1n) is 4.92. The lowest BCUT2D eigenvalue weighted by atomic mass is 9.97. The van der Waals surface area contributed by atoms with Gasteiger partial charge >= 0.3 is 0 Å². The van der Waals surface area contributed by atoms with Crippen LogP contribution in [0.3, 0.4) is 0 Å². The van der Waals surface area contributed by atoms with Crippen LogP contribution in [0.2, 0.25) is 0 Å². The summed E-state index contributed by atoms with van der Waals surface area (Å²) in [5.41, 5.74) is 4.34. The molecule has 0 fully saturated rings. The predicted octanol–water partition coefficient (Wildman–Crippen LogP) is 3.65. The van der Waals surface area contributed by atoms with E-state index in [2.05, 4.69) is 32.0 Å². The molecular formula is C12H15Cl. The summed E-state index contributed by atoms with van der Waals surface area (Å²) < 4.78 is 0. The number of alkyl halides is 1. The van der Waals surface area contributed by atoms with E-state index in [9.17, 15) is 0 Å². The Morgan fingerprint density at radius 2 is 2.23 bits per heavy atom. The second-order valence-electron chi connectivity index (χ2n) is 4.02. The molecule has 0 saturated heterocycles. The molecule has 13 heavy (non-hydrogen) atoms. The molecule has 0 aliphatic heterocycles. The molecule has 0 aromatic heterocycles. The zero-order valence-electron chi connectivity index (χ0n) is 8.18. The van der Waals surface area contributed by atoms with Crippen molar-refractivity contribution in [2.24, 2.45) is 0 Å². The fourth-order valence-corrected chi connectivity index (χ4v) is 2.49. The summed E-state index contributed by atoms with van der Waals surface area (Å²) in [6.45, 7) is 4.25. The maximum absolute atomic E-state index is 6.16. The zero-order chi connectivity index (χ0) is 9.42. The van der Waals surface area contributed by atoms with Crippen molar-refractivity contribution in [3.63, 3.8) is 0 Å². The Kier molecular flexibility index (Phi) is 2.33. The Morgan fingerprint density at radius 3 is 2.92 bits per heavy atom. The highest BCUT2D eigenvalue weighted by atomic mass is 35.5. The van der Waals surface area contributed by atoms with Gasteiger partial charge < -0.3 is 0 Å². The lowest BCUT2D eigenvalue weighted by molar-refractivity contribution is 0.663. The summed E-state index contributed by atoms with van der Waals surface area (Å²) in [5, 5.41) is 0.267. The molecule has 0 saturated carbocycles. The van der Waals surface area contributed by atoms with Crippen LogP contribution in [0.25, 0.3) is 0 Å². The first-order chi connectivity index (χ1) is 6.18. The first-order valence-corrected chi connectivity index (χ1v) is 5.35. The number of halogens is 1. The van der Waals surface area contributed by atoms with Crippen molar-refractivity contribution in [3.05, 3.63) is 34.9 Å². The van der Waals surface area contributed by atoms with Gasteiger partial charge in [-0.05, 0) is 37.8 Å². The number of hydrogen-bond donors (Lipinski definition) is 0. The van der Waals surface area contributed by atoms with Gasteiger partial charge in [-0.15, -0.1) is 11.6 Å². The van der Waals surface area contributed by atoms with Gasteiger partial charge in [0.05, 0.1) is 0 Å². The van der Waals surface area contributed by atoms with Crippen molar-refractivity contribution in [1.29, 1.82) is 0 Å². The molecule has 2 unspecified atom stereocenters. The van der Waals surface area contributed by atoms with E-state index in [1.165, 1.54) is 29.5 Å². The van der Waals surface area contributed by atoms with Crippen LogP contribution < -0.4 is 0 Å². The fraction of sp³-hybridized carbons (Fsp3) is 0.500. The predicted molar refractivity (Wildman–Crippen MR) is 57.6 cm³/mol. The maximum atomic E-state index is 6.16.